The molecule has 5 heteroatoms. The van der Waals surface area contributed by atoms with Gasteiger partial charge in [0.2, 0.25) is 0 Å². The van der Waals surface area contributed by atoms with E-state index >= 15 is 0 Å². The van der Waals surface area contributed by atoms with E-state index in [9.17, 15) is 0 Å². The molecule has 0 saturated carbocycles. The van der Waals surface area contributed by atoms with Crippen molar-refractivity contribution < 1.29 is 0 Å². The number of rotatable bonds is 4. The van der Waals surface area contributed by atoms with E-state index in [4.69, 9.17) is 5.73 Å². The van der Waals surface area contributed by atoms with Gasteiger partial charge in [-0.1, -0.05) is 0 Å². The summed E-state index contributed by atoms with van der Waals surface area (Å²) in [5.74, 6) is 0. The van der Waals surface area contributed by atoms with Gasteiger partial charge in [0.15, 0.2) is 0 Å². The first-order chi connectivity index (χ1) is 8.20. The normalized spacial score (nSPS) is 10.5. The monoisotopic (exact) mass is 231 g/mol. The second-order valence-electron chi connectivity index (χ2n) is 4.09. The molecule has 0 amide bonds. The molecule has 2 N–H and O–H groups in total. The number of anilines is 1. The van der Waals surface area contributed by atoms with Crippen LogP contribution < -0.4 is 10.6 Å². The van der Waals surface area contributed by atoms with E-state index in [0.29, 0.717) is 6.54 Å². The topological polar surface area (TPSA) is 60.0 Å². The fraction of sp³-hybridized carbons (Fsp3) is 0.333. The van der Waals surface area contributed by atoms with Crippen molar-refractivity contribution >= 4 is 5.69 Å². The smallest absolute Gasteiger partial charge is 0.0598 e. The van der Waals surface area contributed by atoms with E-state index in [0.717, 1.165) is 17.8 Å². The van der Waals surface area contributed by atoms with Gasteiger partial charge < -0.3 is 10.6 Å². The van der Waals surface area contributed by atoms with E-state index in [2.05, 4.69) is 15.0 Å². The average Bonchev–Trinajstić information content (AvgIpc) is 2.74. The molecule has 2 aromatic heterocycles. The molecule has 0 unspecified atom stereocenters. The van der Waals surface area contributed by atoms with Crippen LogP contribution in [0.4, 0.5) is 5.69 Å². The first-order valence-electron chi connectivity index (χ1n) is 5.52. The molecule has 2 aromatic rings. The van der Waals surface area contributed by atoms with Gasteiger partial charge in [-0.2, -0.15) is 5.10 Å². The maximum atomic E-state index is 5.72. The third kappa shape index (κ3) is 2.62. The Bertz CT molecular complexity index is 491. The second kappa shape index (κ2) is 4.97. The minimum atomic E-state index is 0.523. The van der Waals surface area contributed by atoms with Gasteiger partial charge >= 0.3 is 0 Å². The summed E-state index contributed by atoms with van der Waals surface area (Å²) in [5.41, 5.74) is 9.05. The molecular formula is C12H17N5. The lowest BCUT2D eigenvalue weighted by atomic mass is 10.2. The van der Waals surface area contributed by atoms with Crippen LogP contribution in [-0.4, -0.2) is 21.8 Å². The fourth-order valence-corrected chi connectivity index (χ4v) is 1.84. The Morgan fingerprint density at radius 2 is 2.24 bits per heavy atom. The van der Waals surface area contributed by atoms with E-state index in [1.165, 1.54) is 5.56 Å². The Labute approximate surface area is 101 Å². The SMILES string of the molecule is CN(Cc1cnn(C)c1)c1cnccc1CN. The van der Waals surface area contributed by atoms with Gasteiger partial charge in [0.25, 0.3) is 0 Å². The predicted octanol–water partition coefficient (Wildman–Crippen LogP) is 0.910. The summed E-state index contributed by atoms with van der Waals surface area (Å²) < 4.78 is 1.80. The molecule has 2 rings (SSSR count). The van der Waals surface area contributed by atoms with Crippen LogP contribution in [0.5, 0.6) is 0 Å². The van der Waals surface area contributed by atoms with Crippen molar-refractivity contribution in [3.8, 4) is 0 Å². The molecule has 5 nitrogen and oxygen atoms in total. The Balaban J connectivity index is 2.16. The summed E-state index contributed by atoms with van der Waals surface area (Å²) in [6.07, 6.45) is 7.49. The van der Waals surface area contributed by atoms with Crippen LogP contribution in [0.3, 0.4) is 0 Å². The van der Waals surface area contributed by atoms with Gasteiger partial charge in [0.1, 0.15) is 0 Å². The zero-order valence-electron chi connectivity index (χ0n) is 10.2. The minimum absolute atomic E-state index is 0.523. The van der Waals surface area contributed by atoms with Crippen LogP contribution in [0.1, 0.15) is 11.1 Å². The first kappa shape index (κ1) is 11.6. The number of pyridine rings is 1. The molecular weight excluding hydrogens is 214 g/mol. The van der Waals surface area contributed by atoms with Gasteiger partial charge in [-0.05, 0) is 11.6 Å². The van der Waals surface area contributed by atoms with Gasteiger partial charge in [0.05, 0.1) is 18.1 Å². The molecule has 0 aliphatic rings. The number of aromatic nitrogens is 3. The summed E-state index contributed by atoms with van der Waals surface area (Å²) in [7, 11) is 3.95. The maximum absolute atomic E-state index is 5.72. The van der Waals surface area contributed by atoms with Crippen molar-refractivity contribution in [2.45, 2.75) is 13.1 Å². The molecule has 0 saturated heterocycles. The van der Waals surface area contributed by atoms with Crippen molar-refractivity contribution in [1.82, 2.24) is 14.8 Å². The van der Waals surface area contributed by atoms with E-state index in [-0.39, 0.29) is 0 Å². The minimum Gasteiger partial charge on any atom is -0.369 e. The number of nitrogens with zero attached hydrogens (tertiary/aromatic N) is 4. The summed E-state index contributed by atoms with van der Waals surface area (Å²) >= 11 is 0. The van der Waals surface area contributed by atoms with E-state index in [1.54, 1.807) is 10.9 Å². The molecule has 0 aliphatic carbocycles. The van der Waals surface area contributed by atoms with Gasteiger partial charge in [0, 0.05) is 45.1 Å². The Hall–Kier alpha value is -1.88. The lowest BCUT2D eigenvalue weighted by molar-refractivity contribution is 0.766. The maximum Gasteiger partial charge on any atom is 0.0598 e. The van der Waals surface area contributed by atoms with Crippen molar-refractivity contribution in [3.05, 3.63) is 42.0 Å². The van der Waals surface area contributed by atoms with E-state index < -0.39 is 0 Å². The third-order valence-corrected chi connectivity index (χ3v) is 2.70. The highest BCUT2D eigenvalue weighted by Gasteiger charge is 2.07. The predicted molar refractivity (Wildman–Crippen MR) is 67.4 cm³/mol. The van der Waals surface area contributed by atoms with Crippen LogP contribution in [0, 0.1) is 0 Å². The number of aryl methyl sites for hydroxylation is 1. The quantitative estimate of drug-likeness (QED) is 0.849. The Morgan fingerprint density at radius 1 is 1.41 bits per heavy atom. The van der Waals surface area contributed by atoms with Crippen LogP contribution in [-0.2, 0) is 20.1 Å². The summed E-state index contributed by atoms with van der Waals surface area (Å²) in [5, 5.41) is 4.16. The molecule has 0 bridgehead atoms. The lowest BCUT2D eigenvalue weighted by Crippen LogP contribution is -2.18. The molecule has 0 radical (unpaired) electrons. The standard InChI is InChI=1S/C12H17N5/c1-16(8-10-6-15-17(2)9-10)12-7-14-4-3-11(12)5-13/h3-4,6-7,9H,5,8,13H2,1-2H3. The van der Waals surface area contributed by atoms with Crippen LogP contribution in [0.25, 0.3) is 0 Å². The molecule has 2 heterocycles. The summed E-state index contributed by atoms with van der Waals surface area (Å²) in [6, 6.07) is 1.95. The van der Waals surface area contributed by atoms with Crippen LogP contribution in [0.2, 0.25) is 0 Å². The van der Waals surface area contributed by atoms with Crippen molar-refractivity contribution in [2.24, 2.45) is 12.8 Å². The number of nitrogens with two attached hydrogens (primary N) is 1. The molecule has 0 aliphatic heterocycles. The Kier molecular flexibility index (Phi) is 3.39. The van der Waals surface area contributed by atoms with Crippen molar-refractivity contribution in [3.63, 3.8) is 0 Å². The van der Waals surface area contributed by atoms with Gasteiger partial charge in [-0.15, -0.1) is 0 Å². The molecule has 0 fully saturated rings. The highest BCUT2D eigenvalue weighted by atomic mass is 15.2. The number of hydrogen-bond donors (Lipinski definition) is 1. The highest BCUT2D eigenvalue weighted by molar-refractivity contribution is 5.51. The molecule has 17 heavy (non-hydrogen) atoms. The molecule has 0 atom stereocenters. The van der Waals surface area contributed by atoms with Gasteiger partial charge in [-0.3, -0.25) is 9.67 Å². The van der Waals surface area contributed by atoms with E-state index in [1.807, 2.05) is 38.8 Å². The van der Waals surface area contributed by atoms with Crippen LogP contribution in [0.15, 0.2) is 30.9 Å². The first-order valence-corrected chi connectivity index (χ1v) is 5.52. The highest BCUT2D eigenvalue weighted by Crippen LogP contribution is 2.18. The molecule has 90 valence electrons. The van der Waals surface area contributed by atoms with Crippen molar-refractivity contribution in [2.75, 3.05) is 11.9 Å². The largest absolute Gasteiger partial charge is 0.369 e. The lowest BCUT2D eigenvalue weighted by Gasteiger charge is -2.20. The summed E-state index contributed by atoms with van der Waals surface area (Å²) in [4.78, 5) is 6.27. The number of hydrogen-bond acceptors (Lipinski definition) is 4. The summed E-state index contributed by atoms with van der Waals surface area (Å²) in [6.45, 7) is 1.32. The fourth-order valence-electron chi connectivity index (χ4n) is 1.84. The van der Waals surface area contributed by atoms with Gasteiger partial charge in [-0.25, -0.2) is 0 Å². The molecule has 0 aromatic carbocycles. The van der Waals surface area contributed by atoms with Crippen LogP contribution >= 0.6 is 0 Å². The second-order valence-corrected chi connectivity index (χ2v) is 4.09. The zero-order valence-corrected chi connectivity index (χ0v) is 10.2. The zero-order chi connectivity index (χ0) is 12.3. The average molecular weight is 231 g/mol. The molecule has 0 spiro atoms. The van der Waals surface area contributed by atoms with Crippen molar-refractivity contribution in [1.29, 1.82) is 0 Å². The Morgan fingerprint density at radius 3 is 2.88 bits per heavy atom. The third-order valence-electron chi connectivity index (χ3n) is 2.70.